The van der Waals surface area contributed by atoms with Crippen LogP contribution in [0, 0.1) is 23.3 Å². The van der Waals surface area contributed by atoms with Crippen molar-refractivity contribution >= 4 is 62.5 Å². The Balaban J connectivity index is 1.18. The molecule has 364 valence electrons. The Bertz CT molecular complexity index is 3940. The van der Waals surface area contributed by atoms with Crippen LogP contribution in [-0.2, 0) is 17.4 Å². The third kappa shape index (κ3) is 9.07. The average Bonchev–Trinajstić information content (AvgIpc) is 3.35. The normalized spacial score (nSPS) is 12.6. The molecule has 0 aliphatic heterocycles. The number of aldehydes is 1. The molecule has 73 heavy (non-hydrogen) atoms. The number of pyridine rings is 1. The number of benzene rings is 7. The van der Waals surface area contributed by atoms with E-state index >= 15 is 0 Å². The number of alkyl halides is 3. The van der Waals surface area contributed by atoms with Crippen LogP contribution in [0.1, 0.15) is 47.3 Å². The minimum atomic E-state index is -4.63. The molecule has 0 atom stereocenters. The van der Waals surface area contributed by atoms with E-state index in [1.165, 1.54) is 54.6 Å². The summed E-state index contributed by atoms with van der Waals surface area (Å²) in [7, 11) is 0. The summed E-state index contributed by atoms with van der Waals surface area (Å²) in [5, 5.41) is 2.07. The standard InChI is InChI=1S/C59H38F7NO6/c1-5-9-32(7-3)46-28-48-54-49(29-47(33-13-15-36(16-14-33)59(64,65)66)56-55(54)53(46)43(8-4)51(73-56)10-6-2)58(71)67(57(48)70)41-17-11-31(12-18-41)19-52(69)72-42-26-44(34-20-37(60)24-38(61)21-34)50(30-68)45(27-42)35-22-39(62)25-40(63)23-35/h5,7-18,20-30H,1,3,6,19H2,2,4H3/b32-9+,43-8+,51-10+. The summed E-state index contributed by atoms with van der Waals surface area (Å²) < 4.78 is 112. The molecule has 0 radical (unpaired) electrons. The first kappa shape index (κ1) is 49.1. The van der Waals surface area contributed by atoms with Crippen LogP contribution in [-0.4, -0.2) is 16.8 Å². The summed E-state index contributed by atoms with van der Waals surface area (Å²) >= 11 is 0. The van der Waals surface area contributed by atoms with Crippen molar-refractivity contribution in [1.82, 2.24) is 4.57 Å². The molecular formula is C59H38F7NO6. The number of hydrogen-bond acceptors (Lipinski definition) is 6. The lowest BCUT2D eigenvalue weighted by molar-refractivity contribution is -0.137. The van der Waals surface area contributed by atoms with E-state index in [0.29, 0.717) is 68.5 Å². The number of esters is 1. The Morgan fingerprint density at radius 3 is 1.79 bits per heavy atom. The first-order valence-electron chi connectivity index (χ1n) is 22.6. The molecule has 9 rings (SSSR count). The molecule has 7 nitrogen and oxygen atoms in total. The highest BCUT2D eigenvalue weighted by Crippen LogP contribution is 2.42. The minimum Gasteiger partial charge on any atom is -0.456 e. The summed E-state index contributed by atoms with van der Waals surface area (Å²) in [6.07, 6.45) is 4.40. The first-order valence-corrected chi connectivity index (χ1v) is 22.6. The Kier molecular flexibility index (Phi) is 13.0. The van der Waals surface area contributed by atoms with Crippen molar-refractivity contribution in [3.63, 3.8) is 0 Å². The molecule has 2 heterocycles. The van der Waals surface area contributed by atoms with Crippen LogP contribution in [0.15, 0.2) is 155 Å². The second kappa shape index (κ2) is 19.4. The van der Waals surface area contributed by atoms with E-state index in [9.17, 15) is 49.9 Å². The Morgan fingerprint density at radius 1 is 0.712 bits per heavy atom. The first-order chi connectivity index (χ1) is 35.0. The zero-order valence-electron chi connectivity index (χ0n) is 38.7. The maximum atomic E-state index is 14.9. The Labute approximate surface area is 410 Å². The van der Waals surface area contributed by atoms with Gasteiger partial charge >= 0.3 is 12.1 Å². The zero-order valence-corrected chi connectivity index (χ0v) is 38.7. The smallest absolute Gasteiger partial charge is 0.416 e. The van der Waals surface area contributed by atoms with E-state index < -0.39 is 58.5 Å². The van der Waals surface area contributed by atoms with Gasteiger partial charge in [0.15, 0.2) is 6.29 Å². The van der Waals surface area contributed by atoms with Gasteiger partial charge in [0.1, 0.15) is 40.0 Å². The minimum absolute atomic E-state index is 0.0554. The van der Waals surface area contributed by atoms with E-state index in [1.54, 1.807) is 24.3 Å². The molecular weight excluding hydrogens is 952 g/mol. The number of carbonyl (C=O) groups is 2. The van der Waals surface area contributed by atoms with Gasteiger partial charge in [-0.1, -0.05) is 68.7 Å². The van der Waals surface area contributed by atoms with Crippen LogP contribution in [0.4, 0.5) is 30.7 Å². The van der Waals surface area contributed by atoms with Gasteiger partial charge in [-0.25, -0.2) is 22.1 Å². The number of hydrogen-bond donors (Lipinski definition) is 0. The molecule has 9 aromatic rings. The predicted molar refractivity (Wildman–Crippen MR) is 269 cm³/mol. The maximum absolute atomic E-state index is 14.9. The SMILES string of the molecule is C=C/C=C(\C=C)c1cc2c(=O)n(-c3ccc(CC(=O)Oc4cc(-c5cc(F)cc(F)c5)c(C=O)c(-c5cc(F)cc(F)c5)c4)cc3)c(=O)c3cc(-c4ccc(C(F)(F)F)cc4)c4oc(=C/CC)/c(=C\C)c1c4c32. The van der Waals surface area contributed by atoms with Crippen molar-refractivity contribution in [2.24, 2.45) is 0 Å². The number of allylic oxidation sites excluding steroid dienone is 4. The molecule has 0 spiro atoms. The van der Waals surface area contributed by atoms with Crippen molar-refractivity contribution < 1.29 is 49.5 Å². The van der Waals surface area contributed by atoms with E-state index in [0.717, 1.165) is 41.0 Å². The number of nitrogens with zero attached hydrogens (tertiary/aromatic N) is 1. The highest BCUT2D eigenvalue weighted by atomic mass is 19.4. The third-order valence-electron chi connectivity index (χ3n) is 12.4. The lowest BCUT2D eigenvalue weighted by Gasteiger charge is -2.19. The maximum Gasteiger partial charge on any atom is 0.416 e. The summed E-state index contributed by atoms with van der Waals surface area (Å²) in [4.78, 5) is 55.9. The number of ether oxygens (including phenoxy) is 1. The van der Waals surface area contributed by atoms with Crippen LogP contribution in [0.2, 0.25) is 0 Å². The molecule has 0 saturated heterocycles. The molecule has 0 bridgehead atoms. The van der Waals surface area contributed by atoms with Crippen molar-refractivity contribution in [1.29, 1.82) is 0 Å². The van der Waals surface area contributed by atoms with E-state index in [2.05, 4.69) is 13.2 Å². The molecule has 7 aromatic carbocycles. The number of rotatable bonds is 12. The summed E-state index contributed by atoms with van der Waals surface area (Å²) in [5.74, 6) is -5.07. The van der Waals surface area contributed by atoms with Crippen LogP contribution < -0.4 is 26.5 Å². The van der Waals surface area contributed by atoms with Crippen molar-refractivity contribution in [3.8, 4) is 44.8 Å². The zero-order chi connectivity index (χ0) is 52.0. The van der Waals surface area contributed by atoms with Gasteiger partial charge in [0, 0.05) is 55.4 Å². The second-order valence-corrected chi connectivity index (χ2v) is 16.9. The Morgan fingerprint density at radius 2 is 1.29 bits per heavy atom. The Hall–Kier alpha value is -8.91. The largest absolute Gasteiger partial charge is 0.456 e. The van der Waals surface area contributed by atoms with Gasteiger partial charge in [0.25, 0.3) is 11.1 Å². The number of halogens is 7. The number of aromatic nitrogens is 1. The molecule has 0 aliphatic carbocycles. The lowest BCUT2D eigenvalue weighted by Crippen LogP contribution is -2.33. The summed E-state index contributed by atoms with van der Waals surface area (Å²) in [6.45, 7) is 11.6. The highest BCUT2D eigenvalue weighted by Gasteiger charge is 2.31. The van der Waals surface area contributed by atoms with Gasteiger partial charge in [0.05, 0.1) is 17.7 Å². The molecule has 2 aromatic heterocycles. The molecule has 0 amide bonds. The third-order valence-corrected chi connectivity index (χ3v) is 12.4. The van der Waals surface area contributed by atoms with Crippen LogP contribution >= 0.6 is 0 Å². The average molecular weight is 990 g/mol. The van der Waals surface area contributed by atoms with E-state index in [1.807, 2.05) is 26.0 Å². The molecule has 0 N–H and O–H groups in total. The fourth-order valence-electron chi connectivity index (χ4n) is 9.29. The van der Waals surface area contributed by atoms with Gasteiger partial charge in [-0.2, -0.15) is 13.2 Å². The highest BCUT2D eigenvalue weighted by molar-refractivity contribution is 6.26. The summed E-state index contributed by atoms with van der Waals surface area (Å²) in [6, 6.07) is 20.8. The van der Waals surface area contributed by atoms with Gasteiger partial charge in [-0.05, 0) is 137 Å². The quantitative estimate of drug-likeness (QED) is 0.0302. The fraction of sp³-hybridized carbons (Fsp3) is 0.0847. The predicted octanol–water partition coefficient (Wildman–Crippen LogP) is 13.0. The summed E-state index contributed by atoms with van der Waals surface area (Å²) in [5.41, 5.74) is -0.235. The number of carbonyl (C=O) groups excluding carboxylic acids is 2. The molecule has 14 heteroatoms. The van der Waals surface area contributed by atoms with Crippen LogP contribution in [0.5, 0.6) is 5.75 Å². The van der Waals surface area contributed by atoms with Crippen molar-refractivity contribution in [2.75, 3.05) is 0 Å². The van der Waals surface area contributed by atoms with E-state index in [4.69, 9.17) is 9.15 Å². The van der Waals surface area contributed by atoms with Crippen LogP contribution in [0.3, 0.4) is 0 Å². The molecule has 0 unspecified atom stereocenters. The lowest BCUT2D eigenvalue weighted by atomic mass is 9.87. The molecule has 0 aliphatic rings. The van der Waals surface area contributed by atoms with Crippen molar-refractivity contribution in [2.45, 2.75) is 32.9 Å². The van der Waals surface area contributed by atoms with Gasteiger partial charge < -0.3 is 9.15 Å². The van der Waals surface area contributed by atoms with Gasteiger partial charge in [0.2, 0.25) is 0 Å². The monoisotopic (exact) mass is 989 g/mol. The molecule has 0 fully saturated rings. The van der Waals surface area contributed by atoms with E-state index in [-0.39, 0.29) is 66.6 Å². The second-order valence-electron chi connectivity index (χ2n) is 16.9. The van der Waals surface area contributed by atoms with Crippen molar-refractivity contribution in [3.05, 3.63) is 217 Å². The van der Waals surface area contributed by atoms with Gasteiger partial charge in [-0.15, -0.1) is 0 Å². The van der Waals surface area contributed by atoms with Crippen LogP contribution in [0.25, 0.3) is 89.3 Å². The van der Waals surface area contributed by atoms with Gasteiger partial charge in [-0.3, -0.25) is 19.2 Å². The fourth-order valence-corrected chi connectivity index (χ4v) is 9.29. The topological polar surface area (TPSA) is 95.6 Å². The molecule has 0 saturated carbocycles.